The molecule has 3 rings (SSSR count). The molecule has 110 valence electrons. The van der Waals surface area contributed by atoms with Crippen molar-refractivity contribution < 1.29 is 0 Å². The molecule has 3 heteroatoms. The average Bonchev–Trinajstić information content (AvgIpc) is 3.30. The second-order valence-corrected chi connectivity index (χ2v) is 6.77. The third-order valence-electron chi connectivity index (χ3n) is 4.71. The second kappa shape index (κ2) is 6.36. The van der Waals surface area contributed by atoms with Gasteiger partial charge in [0.05, 0.1) is 0 Å². The summed E-state index contributed by atoms with van der Waals surface area (Å²) in [6.07, 6.45) is 9.44. The van der Waals surface area contributed by atoms with E-state index in [1.54, 1.807) is 0 Å². The Bertz CT molecular complexity index is 450. The maximum absolute atomic E-state index is 6.23. The highest BCUT2D eigenvalue weighted by atomic mass is 35.5. The molecule has 2 nitrogen and oxygen atoms in total. The van der Waals surface area contributed by atoms with Crippen molar-refractivity contribution in [2.24, 2.45) is 0 Å². The van der Waals surface area contributed by atoms with Crippen molar-refractivity contribution in [2.75, 3.05) is 11.9 Å². The van der Waals surface area contributed by atoms with Gasteiger partial charge >= 0.3 is 0 Å². The van der Waals surface area contributed by atoms with Crippen LogP contribution in [0.15, 0.2) is 18.2 Å². The van der Waals surface area contributed by atoms with Crippen molar-refractivity contribution in [1.29, 1.82) is 0 Å². The molecule has 0 atom stereocenters. The lowest BCUT2D eigenvalue weighted by Gasteiger charge is -2.34. The van der Waals surface area contributed by atoms with Crippen LogP contribution in [0.4, 0.5) is 5.69 Å². The van der Waals surface area contributed by atoms with Gasteiger partial charge in [-0.1, -0.05) is 36.9 Å². The van der Waals surface area contributed by atoms with Crippen LogP contribution in [0.2, 0.25) is 5.02 Å². The summed E-state index contributed by atoms with van der Waals surface area (Å²) in [7, 11) is 2.24. The van der Waals surface area contributed by atoms with Crippen molar-refractivity contribution in [1.82, 2.24) is 5.32 Å². The number of hydrogen-bond donors (Lipinski definition) is 1. The Kier molecular flexibility index (Phi) is 4.52. The third kappa shape index (κ3) is 3.48. The van der Waals surface area contributed by atoms with Gasteiger partial charge in [-0.25, -0.2) is 0 Å². The first-order chi connectivity index (χ1) is 9.74. The lowest BCUT2D eigenvalue weighted by molar-refractivity contribution is 0.427. The van der Waals surface area contributed by atoms with Crippen LogP contribution in [-0.2, 0) is 6.54 Å². The lowest BCUT2D eigenvalue weighted by Crippen LogP contribution is -2.34. The van der Waals surface area contributed by atoms with Crippen LogP contribution in [0, 0.1) is 0 Å². The molecule has 2 fully saturated rings. The summed E-state index contributed by atoms with van der Waals surface area (Å²) in [5.41, 5.74) is 2.70. The normalized spacial score (nSPS) is 20.1. The van der Waals surface area contributed by atoms with E-state index in [2.05, 4.69) is 29.4 Å². The Labute approximate surface area is 127 Å². The fourth-order valence-electron chi connectivity index (χ4n) is 3.22. The molecule has 0 aromatic heterocycles. The van der Waals surface area contributed by atoms with E-state index in [4.69, 9.17) is 11.6 Å². The summed E-state index contributed by atoms with van der Waals surface area (Å²) >= 11 is 6.23. The van der Waals surface area contributed by atoms with E-state index in [1.165, 1.54) is 56.2 Å². The van der Waals surface area contributed by atoms with Gasteiger partial charge in [0.15, 0.2) is 0 Å². The highest BCUT2D eigenvalue weighted by molar-refractivity contribution is 6.30. The van der Waals surface area contributed by atoms with Crippen LogP contribution in [-0.4, -0.2) is 19.1 Å². The molecule has 0 radical (unpaired) electrons. The minimum Gasteiger partial charge on any atom is -0.371 e. The zero-order chi connectivity index (χ0) is 13.9. The molecule has 0 unspecified atom stereocenters. The number of hydrogen-bond acceptors (Lipinski definition) is 2. The molecular formula is C17H25ClN2. The van der Waals surface area contributed by atoms with Gasteiger partial charge in [0.1, 0.15) is 0 Å². The number of anilines is 1. The number of nitrogens with one attached hydrogen (secondary N) is 1. The molecule has 1 aromatic carbocycles. The molecule has 2 saturated carbocycles. The van der Waals surface area contributed by atoms with Crippen LogP contribution in [0.5, 0.6) is 0 Å². The van der Waals surface area contributed by atoms with Crippen molar-refractivity contribution in [2.45, 2.75) is 63.6 Å². The smallest absolute Gasteiger partial charge is 0.0426 e. The minimum atomic E-state index is 0.682. The van der Waals surface area contributed by atoms with Crippen molar-refractivity contribution >= 4 is 17.3 Å². The van der Waals surface area contributed by atoms with Crippen LogP contribution >= 0.6 is 11.6 Å². The quantitative estimate of drug-likeness (QED) is 0.867. The standard InChI is InChI=1S/C17H25ClN2/c1-20(16-5-3-2-4-6-16)17-11-14(18)8-7-13(17)12-19-15-9-10-15/h7-8,11,15-16,19H,2-6,9-10,12H2,1H3. The van der Waals surface area contributed by atoms with E-state index in [0.29, 0.717) is 6.04 Å². The highest BCUT2D eigenvalue weighted by Crippen LogP contribution is 2.31. The molecule has 0 bridgehead atoms. The SMILES string of the molecule is CN(c1cc(Cl)ccc1CNC1CC1)C1CCCCC1. The average molecular weight is 293 g/mol. The Hall–Kier alpha value is -0.730. The molecule has 1 aromatic rings. The molecule has 0 amide bonds. The van der Waals surface area contributed by atoms with E-state index >= 15 is 0 Å². The minimum absolute atomic E-state index is 0.682. The third-order valence-corrected chi connectivity index (χ3v) is 4.94. The summed E-state index contributed by atoms with van der Waals surface area (Å²) < 4.78 is 0. The summed E-state index contributed by atoms with van der Waals surface area (Å²) in [5, 5.41) is 4.47. The van der Waals surface area contributed by atoms with E-state index < -0.39 is 0 Å². The van der Waals surface area contributed by atoms with Crippen LogP contribution in [0.1, 0.15) is 50.5 Å². The Balaban J connectivity index is 1.75. The van der Waals surface area contributed by atoms with Gasteiger partial charge in [-0.15, -0.1) is 0 Å². The summed E-state index contributed by atoms with van der Waals surface area (Å²) in [6.45, 7) is 0.966. The molecule has 2 aliphatic carbocycles. The van der Waals surface area contributed by atoms with Crippen molar-refractivity contribution in [3.63, 3.8) is 0 Å². The zero-order valence-electron chi connectivity index (χ0n) is 12.4. The molecule has 20 heavy (non-hydrogen) atoms. The Morgan fingerprint density at radius 1 is 1.15 bits per heavy atom. The fourth-order valence-corrected chi connectivity index (χ4v) is 3.39. The van der Waals surface area contributed by atoms with E-state index in [0.717, 1.165) is 17.6 Å². The molecule has 0 heterocycles. The molecular weight excluding hydrogens is 268 g/mol. The maximum Gasteiger partial charge on any atom is 0.0426 e. The number of benzene rings is 1. The van der Waals surface area contributed by atoms with E-state index in [-0.39, 0.29) is 0 Å². The predicted molar refractivity (Wildman–Crippen MR) is 86.6 cm³/mol. The largest absolute Gasteiger partial charge is 0.371 e. The van der Waals surface area contributed by atoms with Gasteiger partial charge in [0, 0.05) is 36.4 Å². The summed E-state index contributed by atoms with van der Waals surface area (Å²) in [6, 6.07) is 7.77. The van der Waals surface area contributed by atoms with Gasteiger partial charge in [0.2, 0.25) is 0 Å². The first-order valence-corrected chi connectivity index (χ1v) is 8.36. The molecule has 0 aliphatic heterocycles. The first-order valence-electron chi connectivity index (χ1n) is 7.98. The van der Waals surface area contributed by atoms with E-state index in [9.17, 15) is 0 Å². The Morgan fingerprint density at radius 2 is 1.90 bits per heavy atom. The summed E-state index contributed by atoms with van der Waals surface area (Å²) in [4.78, 5) is 2.47. The number of halogens is 1. The van der Waals surface area contributed by atoms with Crippen LogP contribution in [0.25, 0.3) is 0 Å². The van der Waals surface area contributed by atoms with Gasteiger partial charge in [-0.2, -0.15) is 0 Å². The van der Waals surface area contributed by atoms with Crippen molar-refractivity contribution in [3.8, 4) is 0 Å². The van der Waals surface area contributed by atoms with Crippen molar-refractivity contribution in [3.05, 3.63) is 28.8 Å². The topological polar surface area (TPSA) is 15.3 Å². The summed E-state index contributed by atoms with van der Waals surface area (Å²) in [5.74, 6) is 0. The lowest BCUT2D eigenvalue weighted by atomic mass is 9.94. The second-order valence-electron chi connectivity index (χ2n) is 6.33. The van der Waals surface area contributed by atoms with Crippen LogP contribution < -0.4 is 10.2 Å². The zero-order valence-corrected chi connectivity index (χ0v) is 13.1. The predicted octanol–water partition coefficient (Wildman–Crippen LogP) is 4.36. The van der Waals surface area contributed by atoms with Gasteiger partial charge in [0.25, 0.3) is 0 Å². The van der Waals surface area contributed by atoms with Crippen LogP contribution in [0.3, 0.4) is 0 Å². The number of nitrogens with zero attached hydrogens (tertiary/aromatic N) is 1. The molecule has 1 N–H and O–H groups in total. The first kappa shape index (κ1) is 14.2. The molecule has 0 spiro atoms. The monoisotopic (exact) mass is 292 g/mol. The highest BCUT2D eigenvalue weighted by Gasteiger charge is 2.23. The van der Waals surface area contributed by atoms with E-state index in [1.807, 2.05) is 6.07 Å². The maximum atomic E-state index is 6.23. The van der Waals surface area contributed by atoms with Gasteiger partial charge in [-0.05, 0) is 43.4 Å². The van der Waals surface area contributed by atoms with Gasteiger partial charge < -0.3 is 10.2 Å². The number of rotatable bonds is 5. The fraction of sp³-hybridized carbons (Fsp3) is 0.647. The molecule has 0 saturated heterocycles. The Morgan fingerprint density at radius 3 is 2.60 bits per heavy atom. The van der Waals surface area contributed by atoms with Gasteiger partial charge in [-0.3, -0.25) is 0 Å². The molecule has 2 aliphatic rings.